The molecule has 1 rings (SSSR count). The number of likely N-dealkylation sites (N-methyl/N-ethyl adjacent to an activating group) is 1. The summed E-state index contributed by atoms with van der Waals surface area (Å²) >= 11 is 0. The van der Waals surface area contributed by atoms with Gasteiger partial charge in [0, 0.05) is 44.3 Å². The van der Waals surface area contributed by atoms with Gasteiger partial charge in [-0.1, -0.05) is 0 Å². The van der Waals surface area contributed by atoms with Crippen LogP contribution in [0.4, 0.5) is 0 Å². The van der Waals surface area contributed by atoms with E-state index in [-0.39, 0.29) is 5.54 Å². The van der Waals surface area contributed by atoms with E-state index in [4.69, 9.17) is 0 Å². The van der Waals surface area contributed by atoms with E-state index < -0.39 is 0 Å². The lowest BCUT2D eigenvalue weighted by Crippen LogP contribution is -2.58. The molecule has 1 heterocycles. The minimum atomic E-state index is 0.290. The maximum atomic E-state index is 3.28. The molecule has 0 saturated carbocycles. The van der Waals surface area contributed by atoms with Crippen LogP contribution < -0.4 is 5.32 Å². The largest absolute Gasteiger partial charge is 0.318 e. The van der Waals surface area contributed by atoms with E-state index in [2.05, 4.69) is 42.8 Å². The summed E-state index contributed by atoms with van der Waals surface area (Å²) in [7, 11) is 2.03. The highest BCUT2D eigenvalue weighted by atomic mass is 15.3. The van der Waals surface area contributed by atoms with E-state index in [0.29, 0.717) is 6.04 Å². The van der Waals surface area contributed by atoms with Crippen LogP contribution in [-0.2, 0) is 0 Å². The van der Waals surface area contributed by atoms with Crippen molar-refractivity contribution in [2.75, 3.05) is 39.8 Å². The molecule has 1 saturated heterocycles. The molecule has 1 N–H and O–H groups in total. The molecule has 0 radical (unpaired) electrons. The number of nitrogens with zero attached hydrogens (tertiary/aromatic N) is 2. The average Bonchev–Trinajstić information content (AvgIpc) is 2.18. The van der Waals surface area contributed by atoms with Crippen LogP contribution in [0.1, 0.15) is 27.7 Å². The molecule has 15 heavy (non-hydrogen) atoms. The van der Waals surface area contributed by atoms with Gasteiger partial charge in [0.2, 0.25) is 0 Å². The first kappa shape index (κ1) is 12.9. The topological polar surface area (TPSA) is 18.5 Å². The molecule has 1 aliphatic heterocycles. The first-order valence-electron chi connectivity index (χ1n) is 6.11. The molecular weight excluding hydrogens is 186 g/mol. The van der Waals surface area contributed by atoms with E-state index in [0.717, 1.165) is 6.54 Å². The molecule has 0 aromatic heterocycles. The molecule has 0 aromatic carbocycles. The number of rotatable bonds is 4. The third-order valence-corrected chi connectivity index (χ3v) is 3.51. The normalized spacial score (nSPS) is 21.2. The molecular formula is C12H27N3. The predicted octanol–water partition coefficient (Wildman–Crippen LogP) is 1.01. The maximum Gasteiger partial charge on any atom is 0.0278 e. The van der Waals surface area contributed by atoms with Gasteiger partial charge in [-0.25, -0.2) is 0 Å². The lowest BCUT2D eigenvalue weighted by atomic mass is 10.0. The molecule has 3 heteroatoms. The smallest absolute Gasteiger partial charge is 0.0278 e. The van der Waals surface area contributed by atoms with Crippen LogP contribution in [-0.4, -0.2) is 61.2 Å². The third kappa shape index (κ3) is 3.44. The van der Waals surface area contributed by atoms with Gasteiger partial charge in [0.05, 0.1) is 0 Å². The van der Waals surface area contributed by atoms with Crippen molar-refractivity contribution in [1.29, 1.82) is 0 Å². The van der Waals surface area contributed by atoms with Gasteiger partial charge in [0.1, 0.15) is 0 Å². The Morgan fingerprint density at radius 1 is 1.13 bits per heavy atom. The molecule has 0 spiro atoms. The summed E-state index contributed by atoms with van der Waals surface area (Å²) in [5.41, 5.74) is 0.290. The second-order valence-corrected chi connectivity index (χ2v) is 5.46. The molecule has 1 fully saturated rings. The minimum Gasteiger partial charge on any atom is -0.318 e. The summed E-state index contributed by atoms with van der Waals surface area (Å²) in [5.74, 6) is 0. The van der Waals surface area contributed by atoms with Crippen molar-refractivity contribution in [3.8, 4) is 0 Å². The predicted molar refractivity (Wildman–Crippen MR) is 66.3 cm³/mol. The summed E-state index contributed by atoms with van der Waals surface area (Å²) in [4.78, 5) is 5.16. The monoisotopic (exact) mass is 213 g/mol. The van der Waals surface area contributed by atoms with Crippen molar-refractivity contribution < 1.29 is 0 Å². The van der Waals surface area contributed by atoms with Crippen LogP contribution in [0, 0.1) is 0 Å². The summed E-state index contributed by atoms with van der Waals surface area (Å²) < 4.78 is 0. The van der Waals surface area contributed by atoms with Crippen LogP contribution in [0.3, 0.4) is 0 Å². The molecule has 1 aliphatic rings. The van der Waals surface area contributed by atoms with Gasteiger partial charge in [0.25, 0.3) is 0 Å². The maximum absolute atomic E-state index is 3.28. The Labute approximate surface area is 94.8 Å². The fourth-order valence-corrected chi connectivity index (χ4v) is 2.39. The molecule has 0 unspecified atom stereocenters. The van der Waals surface area contributed by atoms with Crippen molar-refractivity contribution in [2.24, 2.45) is 0 Å². The second kappa shape index (κ2) is 5.28. The molecule has 3 nitrogen and oxygen atoms in total. The summed E-state index contributed by atoms with van der Waals surface area (Å²) in [6.45, 7) is 15.1. The van der Waals surface area contributed by atoms with E-state index in [1.54, 1.807) is 0 Å². The average molecular weight is 213 g/mol. The van der Waals surface area contributed by atoms with Gasteiger partial charge in [0.15, 0.2) is 0 Å². The Balaban J connectivity index is 2.43. The zero-order chi connectivity index (χ0) is 11.5. The summed E-state index contributed by atoms with van der Waals surface area (Å²) in [6.07, 6.45) is 0. The highest BCUT2D eigenvalue weighted by Gasteiger charge is 2.29. The van der Waals surface area contributed by atoms with Crippen LogP contribution in [0.2, 0.25) is 0 Å². The Kier molecular flexibility index (Phi) is 4.56. The van der Waals surface area contributed by atoms with Gasteiger partial charge in [-0.3, -0.25) is 9.80 Å². The molecule has 0 bridgehead atoms. The third-order valence-electron chi connectivity index (χ3n) is 3.51. The number of hydrogen-bond donors (Lipinski definition) is 1. The fraction of sp³-hybridized carbons (Fsp3) is 1.00. The Morgan fingerprint density at radius 2 is 1.67 bits per heavy atom. The fourth-order valence-electron chi connectivity index (χ4n) is 2.39. The van der Waals surface area contributed by atoms with Gasteiger partial charge >= 0.3 is 0 Å². The number of hydrogen-bond acceptors (Lipinski definition) is 3. The Morgan fingerprint density at radius 3 is 2.07 bits per heavy atom. The highest BCUT2D eigenvalue weighted by Crippen LogP contribution is 2.16. The van der Waals surface area contributed by atoms with E-state index in [1.807, 2.05) is 7.05 Å². The molecule has 0 amide bonds. The summed E-state index contributed by atoms with van der Waals surface area (Å²) in [5, 5.41) is 3.28. The molecule has 0 atom stereocenters. The molecule has 0 aromatic rings. The van der Waals surface area contributed by atoms with Crippen molar-refractivity contribution in [3.05, 3.63) is 0 Å². The van der Waals surface area contributed by atoms with Gasteiger partial charge in [-0.05, 0) is 34.7 Å². The van der Waals surface area contributed by atoms with Crippen molar-refractivity contribution >= 4 is 0 Å². The van der Waals surface area contributed by atoms with Gasteiger partial charge in [-0.2, -0.15) is 0 Å². The SMILES string of the molecule is CNCC(C)(C)N1CCN(C(C)C)CC1. The van der Waals surface area contributed by atoms with E-state index in [1.165, 1.54) is 26.2 Å². The zero-order valence-corrected chi connectivity index (χ0v) is 11.0. The van der Waals surface area contributed by atoms with Crippen molar-refractivity contribution in [1.82, 2.24) is 15.1 Å². The second-order valence-electron chi connectivity index (χ2n) is 5.46. The van der Waals surface area contributed by atoms with Crippen LogP contribution >= 0.6 is 0 Å². The standard InChI is InChI=1S/C12H27N3/c1-11(2)14-6-8-15(9-7-14)12(3,4)10-13-5/h11,13H,6-10H2,1-5H3. The van der Waals surface area contributed by atoms with Gasteiger partial charge in [-0.15, -0.1) is 0 Å². The van der Waals surface area contributed by atoms with Crippen molar-refractivity contribution in [2.45, 2.75) is 39.3 Å². The van der Waals surface area contributed by atoms with Crippen LogP contribution in [0.5, 0.6) is 0 Å². The highest BCUT2D eigenvalue weighted by molar-refractivity contribution is 4.87. The van der Waals surface area contributed by atoms with Crippen LogP contribution in [0.25, 0.3) is 0 Å². The van der Waals surface area contributed by atoms with Crippen molar-refractivity contribution in [3.63, 3.8) is 0 Å². The van der Waals surface area contributed by atoms with E-state index >= 15 is 0 Å². The Hall–Kier alpha value is -0.120. The number of nitrogens with one attached hydrogen (secondary N) is 1. The molecule has 90 valence electrons. The lowest BCUT2D eigenvalue weighted by molar-refractivity contribution is 0.0411. The van der Waals surface area contributed by atoms with Crippen LogP contribution in [0.15, 0.2) is 0 Å². The summed E-state index contributed by atoms with van der Waals surface area (Å²) in [6, 6.07) is 0.694. The molecule has 0 aliphatic carbocycles. The number of piperazine rings is 1. The minimum absolute atomic E-state index is 0.290. The quantitative estimate of drug-likeness (QED) is 0.752. The first-order chi connectivity index (χ1) is 6.97. The lowest BCUT2D eigenvalue weighted by Gasteiger charge is -2.45. The Bertz CT molecular complexity index is 181. The van der Waals surface area contributed by atoms with Gasteiger partial charge < -0.3 is 5.32 Å². The van der Waals surface area contributed by atoms with E-state index in [9.17, 15) is 0 Å². The first-order valence-corrected chi connectivity index (χ1v) is 6.11. The zero-order valence-electron chi connectivity index (χ0n) is 11.0.